The molecule has 0 bridgehead atoms. The van der Waals surface area contributed by atoms with Crippen LogP contribution >= 0.6 is 0 Å². The van der Waals surface area contributed by atoms with E-state index in [1.165, 1.54) is 5.56 Å². The van der Waals surface area contributed by atoms with Crippen molar-refractivity contribution in [2.24, 2.45) is 0 Å². The third kappa shape index (κ3) is 2.91. The van der Waals surface area contributed by atoms with Crippen LogP contribution in [0.1, 0.15) is 11.1 Å². The molecular formula is C17H17NO. The van der Waals surface area contributed by atoms with Gasteiger partial charge in [-0.1, -0.05) is 43.0 Å². The topological polar surface area (TPSA) is 32.9 Å². The molecule has 2 heteroatoms. The highest BCUT2D eigenvalue weighted by Crippen LogP contribution is 2.15. The summed E-state index contributed by atoms with van der Waals surface area (Å²) >= 11 is 0. The van der Waals surface area contributed by atoms with Crippen molar-refractivity contribution in [1.29, 1.82) is 0 Å². The van der Waals surface area contributed by atoms with Gasteiger partial charge in [-0.25, -0.2) is 0 Å². The average molecular weight is 251 g/mol. The summed E-state index contributed by atoms with van der Waals surface area (Å²) < 4.78 is 0. The lowest BCUT2D eigenvalue weighted by Gasteiger charge is -2.05. The SMILES string of the molecule is C=C/C=C(\C=C)Cc1cc2cc(C)ccc2[nH]c1=O. The summed E-state index contributed by atoms with van der Waals surface area (Å²) in [5.74, 6) is 0. The molecule has 0 radical (unpaired) electrons. The number of aromatic amines is 1. The van der Waals surface area contributed by atoms with Crippen LogP contribution in [0.3, 0.4) is 0 Å². The van der Waals surface area contributed by atoms with E-state index in [4.69, 9.17) is 0 Å². The van der Waals surface area contributed by atoms with E-state index in [2.05, 4.69) is 24.2 Å². The third-order valence-electron chi connectivity index (χ3n) is 3.07. The zero-order chi connectivity index (χ0) is 13.8. The fourth-order valence-electron chi connectivity index (χ4n) is 2.07. The molecule has 0 fully saturated rings. The summed E-state index contributed by atoms with van der Waals surface area (Å²) in [6, 6.07) is 7.94. The van der Waals surface area contributed by atoms with Gasteiger partial charge in [0.2, 0.25) is 0 Å². The molecule has 0 amide bonds. The molecule has 0 atom stereocenters. The van der Waals surface area contributed by atoms with Crippen molar-refractivity contribution in [2.75, 3.05) is 0 Å². The highest BCUT2D eigenvalue weighted by atomic mass is 16.1. The second-order valence-electron chi connectivity index (χ2n) is 4.57. The van der Waals surface area contributed by atoms with Crippen LogP contribution in [0.4, 0.5) is 0 Å². The summed E-state index contributed by atoms with van der Waals surface area (Å²) in [5, 5.41) is 1.05. The standard InChI is InChI=1S/C17H17NO/c1-4-6-13(5-2)10-15-11-14-9-12(3)7-8-16(14)18-17(15)19/h4-9,11H,1-2,10H2,3H3,(H,18,19)/b13-6+. The monoisotopic (exact) mass is 251 g/mol. The van der Waals surface area contributed by atoms with Gasteiger partial charge in [0.05, 0.1) is 0 Å². The van der Waals surface area contributed by atoms with Gasteiger partial charge in [-0.2, -0.15) is 0 Å². The molecule has 1 aromatic carbocycles. The Labute approximate surface area is 112 Å². The molecule has 0 unspecified atom stereocenters. The Hall–Kier alpha value is -2.35. The molecule has 0 spiro atoms. The first-order chi connectivity index (χ1) is 9.13. The Morgan fingerprint density at radius 1 is 1.32 bits per heavy atom. The molecule has 0 aliphatic heterocycles. The van der Waals surface area contributed by atoms with Crippen LogP contribution in [0.25, 0.3) is 10.9 Å². The Balaban J connectivity index is 2.51. The smallest absolute Gasteiger partial charge is 0.251 e. The van der Waals surface area contributed by atoms with E-state index < -0.39 is 0 Å². The number of benzene rings is 1. The Kier molecular flexibility index (Phi) is 3.81. The minimum Gasteiger partial charge on any atom is -0.322 e. The van der Waals surface area contributed by atoms with E-state index in [1.807, 2.05) is 31.2 Å². The van der Waals surface area contributed by atoms with Crippen molar-refractivity contribution in [3.8, 4) is 0 Å². The number of H-pyrrole nitrogens is 1. The largest absolute Gasteiger partial charge is 0.322 e. The molecule has 2 aromatic rings. The Morgan fingerprint density at radius 2 is 2.11 bits per heavy atom. The number of aryl methyl sites for hydroxylation is 1. The summed E-state index contributed by atoms with van der Waals surface area (Å²) in [6.07, 6.45) is 5.89. The molecule has 0 saturated carbocycles. The van der Waals surface area contributed by atoms with Crippen LogP contribution in [-0.2, 0) is 6.42 Å². The number of hydrogen-bond acceptors (Lipinski definition) is 1. The lowest BCUT2D eigenvalue weighted by molar-refractivity contribution is 1.12. The predicted octanol–water partition coefficient (Wildman–Crippen LogP) is 3.68. The quantitative estimate of drug-likeness (QED) is 0.826. The first kappa shape index (κ1) is 13.1. The van der Waals surface area contributed by atoms with Gasteiger partial charge in [0.25, 0.3) is 5.56 Å². The fraction of sp³-hybridized carbons (Fsp3) is 0.118. The van der Waals surface area contributed by atoms with Crippen molar-refractivity contribution >= 4 is 10.9 Å². The predicted molar refractivity (Wildman–Crippen MR) is 81.5 cm³/mol. The molecular weight excluding hydrogens is 234 g/mol. The molecule has 0 aliphatic carbocycles. The zero-order valence-corrected chi connectivity index (χ0v) is 11.1. The van der Waals surface area contributed by atoms with Crippen molar-refractivity contribution in [2.45, 2.75) is 13.3 Å². The summed E-state index contributed by atoms with van der Waals surface area (Å²) in [5.41, 5.74) is 3.72. The van der Waals surface area contributed by atoms with Crippen LogP contribution < -0.4 is 5.56 Å². The van der Waals surface area contributed by atoms with Crippen molar-refractivity contribution in [1.82, 2.24) is 4.98 Å². The molecule has 19 heavy (non-hydrogen) atoms. The first-order valence-electron chi connectivity index (χ1n) is 6.20. The maximum Gasteiger partial charge on any atom is 0.251 e. The Bertz CT molecular complexity index is 720. The van der Waals surface area contributed by atoms with Gasteiger partial charge >= 0.3 is 0 Å². The summed E-state index contributed by atoms with van der Waals surface area (Å²) in [6.45, 7) is 9.46. The minimum absolute atomic E-state index is 0.0480. The molecule has 0 aliphatic rings. The first-order valence-corrected chi connectivity index (χ1v) is 6.20. The Morgan fingerprint density at radius 3 is 2.79 bits per heavy atom. The van der Waals surface area contributed by atoms with Crippen molar-refractivity contribution in [3.63, 3.8) is 0 Å². The van der Waals surface area contributed by atoms with E-state index in [-0.39, 0.29) is 5.56 Å². The number of rotatable bonds is 4. The molecule has 2 rings (SSSR count). The maximum absolute atomic E-state index is 12.0. The van der Waals surface area contributed by atoms with Crippen LogP contribution in [0.5, 0.6) is 0 Å². The number of nitrogens with one attached hydrogen (secondary N) is 1. The van der Waals surface area contributed by atoms with Crippen molar-refractivity contribution < 1.29 is 0 Å². The van der Waals surface area contributed by atoms with Gasteiger partial charge in [-0.15, -0.1) is 0 Å². The van der Waals surface area contributed by atoms with Gasteiger partial charge in [-0.3, -0.25) is 4.79 Å². The molecule has 2 nitrogen and oxygen atoms in total. The van der Waals surface area contributed by atoms with E-state index in [9.17, 15) is 4.79 Å². The third-order valence-corrected chi connectivity index (χ3v) is 3.07. The molecule has 96 valence electrons. The molecule has 0 saturated heterocycles. The van der Waals surface area contributed by atoms with Gasteiger partial charge in [0.15, 0.2) is 0 Å². The number of allylic oxidation sites excluding steroid dienone is 4. The number of hydrogen-bond donors (Lipinski definition) is 1. The van der Waals surface area contributed by atoms with Gasteiger partial charge in [0.1, 0.15) is 0 Å². The summed E-state index contributed by atoms with van der Waals surface area (Å²) in [4.78, 5) is 14.9. The molecule has 1 N–H and O–H groups in total. The van der Waals surface area contributed by atoms with Crippen molar-refractivity contribution in [3.05, 3.63) is 82.7 Å². The number of pyridine rings is 1. The molecule has 1 heterocycles. The average Bonchev–Trinajstić information content (AvgIpc) is 2.39. The van der Waals surface area contributed by atoms with Crippen LogP contribution in [0.2, 0.25) is 0 Å². The van der Waals surface area contributed by atoms with Gasteiger partial charge < -0.3 is 4.98 Å². The lowest BCUT2D eigenvalue weighted by Crippen LogP contribution is -2.12. The van der Waals surface area contributed by atoms with Crippen LogP contribution in [-0.4, -0.2) is 4.98 Å². The number of aromatic nitrogens is 1. The zero-order valence-electron chi connectivity index (χ0n) is 11.1. The van der Waals surface area contributed by atoms with Crippen LogP contribution in [0.15, 0.2) is 66.0 Å². The van der Waals surface area contributed by atoms with Gasteiger partial charge in [-0.05, 0) is 36.1 Å². The van der Waals surface area contributed by atoms with E-state index in [0.717, 1.165) is 22.0 Å². The minimum atomic E-state index is -0.0480. The fourth-order valence-corrected chi connectivity index (χ4v) is 2.07. The molecule has 1 aromatic heterocycles. The summed E-state index contributed by atoms with van der Waals surface area (Å²) in [7, 11) is 0. The highest BCUT2D eigenvalue weighted by molar-refractivity contribution is 5.79. The van der Waals surface area contributed by atoms with E-state index >= 15 is 0 Å². The second kappa shape index (κ2) is 5.53. The van der Waals surface area contributed by atoms with Gasteiger partial charge in [0, 0.05) is 17.5 Å². The lowest BCUT2D eigenvalue weighted by atomic mass is 10.0. The van der Waals surface area contributed by atoms with E-state index in [0.29, 0.717) is 6.42 Å². The number of fused-ring (bicyclic) bond motifs is 1. The van der Waals surface area contributed by atoms with E-state index in [1.54, 1.807) is 12.2 Å². The second-order valence-corrected chi connectivity index (χ2v) is 4.57. The normalized spacial score (nSPS) is 11.5. The van der Waals surface area contributed by atoms with Crippen LogP contribution in [0, 0.1) is 6.92 Å². The highest BCUT2D eigenvalue weighted by Gasteiger charge is 2.04. The maximum atomic E-state index is 12.0.